The second-order valence-corrected chi connectivity index (χ2v) is 4.54. The number of aliphatic hydroxyl groups is 1. The third-order valence-electron chi connectivity index (χ3n) is 2.80. The van der Waals surface area contributed by atoms with Crippen LogP contribution in [0.5, 0.6) is 0 Å². The topological polar surface area (TPSA) is 67.2 Å². The maximum absolute atomic E-state index is 13.7. The van der Waals surface area contributed by atoms with E-state index in [1.165, 1.54) is 10.8 Å². The second kappa shape index (κ2) is 4.32. The van der Waals surface area contributed by atoms with E-state index in [9.17, 15) is 9.18 Å². The number of H-pyrrole nitrogens is 1. The number of aromatic amines is 1. The lowest BCUT2D eigenvalue weighted by atomic mass is 10.2. The highest BCUT2D eigenvalue weighted by Crippen LogP contribution is 2.36. The fourth-order valence-electron chi connectivity index (χ4n) is 1.81. The Balaban J connectivity index is 2.34. The van der Waals surface area contributed by atoms with E-state index < -0.39 is 24.4 Å². The molecule has 5 nitrogen and oxygen atoms in total. The minimum Gasteiger partial charge on any atom is -0.390 e. The lowest BCUT2D eigenvalue weighted by Crippen LogP contribution is -2.31. The number of rotatable bonds is 2. The normalized spacial score (nSPS) is 28.5. The smallest absolute Gasteiger partial charge is 0.328 e. The highest BCUT2D eigenvalue weighted by atomic mass is 32.1. The van der Waals surface area contributed by atoms with Gasteiger partial charge in [-0.15, -0.1) is 0 Å². The van der Waals surface area contributed by atoms with Gasteiger partial charge in [-0.2, -0.15) is 0 Å². The van der Waals surface area contributed by atoms with Gasteiger partial charge < -0.3 is 9.84 Å². The van der Waals surface area contributed by atoms with Crippen molar-refractivity contribution in [2.75, 3.05) is 6.61 Å². The van der Waals surface area contributed by atoms with Gasteiger partial charge in [-0.05, 0) is 13.3 Å². The van der Waals surface area contributed by atoms with Crippen LogP contribution in [0.1, 0.15) is 24.6 Å². The van der Waals surface area contributed by atoms with Gasteiger partial charge in [-0.3, -0.25) is 9.55 Å². The van der Waals surface area contributed by atoms with Crippen molar-refractivity contribution in [3.8, 4) is 0 Å². The number of aliphatic hydroxyl groups excluding tert-OH is 1. The van der Waals surface area contributed by atoms with Crippen LogP contribution in [0.15, 0.2) is 11.0 Å². The number of aromatic nitrogens is 2. The average molecular weight is 260 g/mol. The molecule has 2 atom stereocenters. The Kier molecular flexibility index (Phi) is 3.15. The van der Waals surface area contributed by atoms with E-state index in [1.54, 1.807) is 6.92 Å². The Bertz CT molecular complexity index is 541. The SMILES string of the molecule is Cc1cn([C@H]2CC[C@@](F)(CO)O2)c(=O)[nH]c1=S. The van der Waals surface area contributed by atoms with Crippen molar-refractivity contribution in [3.63, 3.8) is 0 Å². The van der Waals surface area contributed by atoms with Crippen LogP contribution in [0.25, 0.3) is 0 Å². The standard InChI is InChI=1S/C10H13FN2O3S/c1-6-4-13(9(15)12-8(6)17)7-2-3-10(11,5-14)16-7/h4,7,14H,2-3,5H2,1H3,(H,12,15,17)/t7-,10+/m1/s1. The number of aryl methyl sites for hydroxylation is 1. The highest BCUT2D eigenvalue weighted by molar-refractivity contribution is 7.71. The molecule has 0 saturated carbocycles. The number of nitrogens with zero attached hydrogens (tertiary/aromatic N) is 1. The zero-order chi connectivity index (χ0) is 12.6. The molecule has 0 radical (unpaired) electrons. The van der Waals surface area contributed by atoms with Crippen molar-refractivity contribution in [1.29, 1.82) is 0 Å². The molecule has 7 heteroatoms. The molecule has 1 aromatic heterocycles. The molecule has 0 unspecified atom stereocenters. The molecule has 1 fully saturated rings. The van der Waals surface area contributed by atoms with Gasteiger partial charge in [0.1, 0.15) is 17.5 Å². The molecular formula is C10H13FN2O3S. The molecule has 1 aromatic rings. The quantitative estimate of drug-likeness (QED) is 0.784. The van der Waals surface area contributed by atoms with E-state index in [2.05, 4.69) is 4.98 Å². The molecule has 2 rings (SSSR count). The van der Waals surface area contributed by atoms with Crippen molar-refractivity contribution in [3.05, 3.63) is 26.9 Å². The summed E-state index contributed by atoms with van der Waals surface area (Å²) in [5.74, 6) is -2.05. The van der Waals surface area contributed by atoms with Crippen LogP contribution in [0, 0.1) is 11.6 Å². The highest BCUT2D eigenvalue weighted by Gasteiger charge is 2.41. The van der Waals surface area contributed by atoms with Crippen LogP contribution in [0.2, 0.25) is 0 Å². The first-order chi connectivity index (χ1) is 7.95. The largest absolute Gasteiger partial charge is 0.390 e. The Morgan fingerprint density at radius 3 is 3.12 bits per heavy atom. The third-order valence-corrected chi connectivity index (χ3v) is 3.23. The van der Waals surface area contributed by atoms with Crippen molar-refractivity contribution >= 4 is 12.2 Å². The third kappa shape index (κ3) is 2.31. The molecule has 2 heterocycles. The van der Waals surface area contributed by atoms with E-state index >= 15 is 0 Å². The average Bonchev–Trinajstić information content (AvgIpc) is 2.67. The summed E-state index contributed by atoms with van der Waals surface area (Å²) in [6.45, 7) is 1.04. The van der Waals surface area contributed by atoms with Crippen molar-refractivity contribution in [2.24, 2.45) is 0 Å². The van der Waals surface area contributed by atoms with Crippen molar-refractivity contribution in [2.45, 2.75) is 31.8 Å². The molecular weight excluding hydrogens is 247 g/mol. The summed E-state index contributed by atoms with van der Waals surface area (Å²) in [4.78, 5) is 14.1. The van der Waals surface area contributed by atoms with E-state index in [0.717, 1.165) is 0 Å². The van der Waals surface area contributed by atoms with Gasteiger partial charge in [-0.25, -0.2) is 9.18 Å². The summed E-state index contributed by atoms with van der Waals surface area (Å²) in [7, 11) is 0. The number of ether oxygens (including phenoxy) is 1. The molecule has 0 aliphatic carbocycles. The lowest BCUT2D eigenvalue weighted by molar-refractivity contribution is -0.177. The molecule has 17 heavy (non-hydrogen) atoms. The van der Waals surface area contributed by atoms with Crippen LogP contribution in [-0.2, 0) is 4.74 Å². The van der Waals surface area contributed by atoms with Gasteiger partial charge in [-0.1, -0.05) is 12.2 Å². The van der Waals surface area contributed by atoms with Crippen LogP contribution >= 0.6 is 12.2 Å². The number of alkyl halides is 1. The molecule has 1 aliphatic rings. The second-order valence-electron chi connectivity index (χ2n) is 4.13. The maximum Gasteiger partial charge on any atom is 0.328 e. The number of halogens is 1. The van der Waals surface area contributed by atoms with Gasteiger partial charge >= 0.3 is 5.69 Å². The summed E-state index contributed by atoms with van der Waals surface area (Å²) in [6, 6.07) is 0. The first-order valence-corrected chi connectivity index (χ1v) is 5.66. The predicted molar refractivity (Wildman–Crippen MR) is 60.9 cm³/mol. The van der Waals surface area contributed by atoms with Crippen LogP contribution < -0.4 is 5.69 Å². The van der Waals surface area contributed by atoms with E-state index in [1.807, 2.05) is 0 Å². The van der Waals surface area contributed by atoms with Gasteiger partial charge in [0, 0.05) is 18.2 Å². The maximum atomic E-state index is 13.7. The molecule has 94 valence electrons. The Hall–Kier alpha value is -1.05. The van der Waals surface area contributed by atoms with Crippen LogP contribution in [0.3, 0.4) is 0 Å². The van der Waals surface area contributed by atoms with Crippen LogP contribution in [-0.4, -0.2) is 27.1 Å². The van der Waals surface area contributed by atoms with Crippen molar-refractivity contribution in [1.82, 2.24) is 9.55 Å². The van der Waals surface area contributed by atoms with Gasteiger partial charge in [0.15, 0.2) is 0 Å². The lowest BCUT2D eigenvalue weighted by Gasteiger charge is -2.19. The number of nitrogens with one attached hydrogen (secondary N) is 1. The molecule has 0 amide bonds. The molecule has 2 N–H and O–H groups in total. The Morgan fingerprint density at radius 2 is 2.53 bits per heavy atom. The number of hydrogen-bond acceptors (Lipinski definition) is 4. The minimum atomic E-state index is -2.05. The van der Waals surface area contributed by atoms with E-state index in [4.69, 9.17) is 22.1 Å². The molecule has 0 aromatic carbocycles. The van der Waals surface area contributed by atoms with Crippen molar-refractivity contribution < 1.29 is 14.2 Å². The molecule has 1 saturated heterocycles. The number of hydrogen-bond donors (Lipinski definition) is 2. The molecule has 0 spiro atoms. The predicted octanol–water partition coefficient (Wildman–Crippen LogP) is 1.18. The first kappa shape index (κ1) is 12.4. The van der Waals surface area contributed by atoms with Gasteiger partial charge in [0.2, 0.25) is 5.85 Å². The van der Waals surface area contributed by atoms with Crippen LogP contribution in [0.4, 0.5) is 4.39 Å². The summed E-state index contributed by atoms with van der Waals surface area (Å²) in [5.41, 5.74) is 0.274. The zero-order valence-electron chi connectivity index (χ0n) is 9.27. The monoisotopic (exact) mass is 260 g/mol. The summed E-state index contributed by atoms with van der Waals surface area (Å²) >= 11 is 4.92. The molecule has 1 aliphatic heterocycles. The fraction of sp³-hybridized carbons (Fsp3) is 0.600. The van der Waals surface area contributed by atoms with Gasteiger partial charge in [0.25, 0.3) is 0 Å². The van der Waals surface area contributed by atoms with E-state index in [-0.39, 0.29) is 6.42 Å². The van der Waals surface area contributed by atoms with E-state index in [0.29, 0.717) is 16.6 Å². The van der Waals surface area contributed by atoms with Gasteiger partial charge in [0.05, 0.1) is 0 Å². The summed E-state index contributed by atoms with van der Waals surface area (Å²) < 4.78 is 20.3. The fourth-order valence-corrected chi connectivity index (χ4v) is 1.95. The first-order valence-electron chi connectivity index (χ1n) is 5.25. The summed E-state index contributed by atoms with van der Waals surface area (Å²) in [6.07, 6.45) is 1.23. The molecule has 0 bridgehead atoms. The zero-order valence-corrected chi connectivity index (χ0v) is 10.1. The Labute approximate surface area is 102 Å². The minimum absolute atomic E-state index is 0.0648. The Morgan fingerprint density at radius 1 is 1.82 bits per heavy atom. The summed E-state index contributed by atoms with van der Waals surface area (Å²) in [5, 5.41) is 8.85.